The van der Waals surface area contributed by atoms with E-state index in [1.54, 1.807) is 0 Å². The predicted molar refractivity (Wildman–Crippen MR) is 97.6 cm³/mol. The molecule has 1 heterocycles. The first-order valence-corrected chi connectivity index (χ1v) is 8.95. The Kier molecular flexibility index (Phi) is 5.84. The van der Waals surface area contributed by atoms with Crippen LogP contribution in [0.5, 0.6) is 0 Å². The summed E-state index contributed by atoms with van der Waals surface area (Å²) in [5.41, 5.74) is 2.81. The fourth-order valence-electron chi connectivity index (χ4n) is 3.51. The van der Waals surface area contributed by atoms with Gasteiger partial charge in [-0.2, -0.15) is 0 Å². The maximum Gasteiger partial charge on any atom is 0.0602 e. The van der Waals surface area contributed by atoms with E-state index in [1.807, 2.05) is 0 Å². The molecule has 1 aliphatic heterocycles. The van der Waals surface area contributed by atoms with Gasteiger partial charge in [0.15, 0.2) is 0 Å². The molecule has 1 saturated heterocycles. The molecule has 2 aromatic rings. The molecule has 0 atom stereocenters. The summed E-state index contributed by atoms with van der Waals surface area (Å²) in [6, 6.07) is 22.3. The Morgan fingerprint density at radius 2 is 1.30 bits per heavy atom. The molecule has 0 unspecified atom stereocenters. The monoisotopic (exact) mass is 308 g/mol. The van der Waals surface area contributed by atoms with E-state index in [2.05, 4.69) is 77.4 Å². The predicted octanol–water partition coefficient (Wildman–Crippen LogP) is 4.19. The number of hydrogen-bond donors (Lipinski definition) is 0. The Labute approximate surface area is 140 Å². The quantitative estimate of drug-likeness (QED) is 0.789. The normalized spacial score (nSPS) is 16.8. The van der Waals surface area contributed by atoms with Crippen LogP contribution in [-0.2, 0) is 0 Å². The van der Waals surface area contributed by atoms with Crippen molar-refractivity contribution in [2.24, 2.45) is 0 Å². The van der Waals surface area contributed by atoms with Gasteiger partial charge >= 0.3 is 0 Å². The maximum absolute atomic E-state index is 2.65. The highest BCUT2D eigenvalue weighted by molar-refractivity contribution is 5.31. The minimum absolute atomic E-state index is 0.380. The molecule has 0 aliphatic carbocycles. The average Bonchev–Trinajstić information content (AvgIpc) is 2.63. The van der Waals surface area contributed by atoms with Crippen molar-refractivity contribution in [2.45, 2.75) is 25.8 Å². The largest absolute Gasteiger partial charge is 0.301 e. The molecule has 0 radical (unpaired) electrons. The zero-order chi connectivity index (χ0) is 15.9. The molecule has 0 amide bonds. The van der Waals surface area contributed by atoms with E-state index in [0.29, 0.717) is 6.04 Å². The fourth-order valence-corrected chi connectivity index (χ4v) is 3.51. The number of benzene rings is 2. The molecule has 23 heavy (non-hydrogen) atoms. The second-order valence-corrected chi connectivity index (χ2v) is 6.46. The highest BCUT2D eigenvalue weighted by atomic mass is 15.3. The summed E-state index contributed by atoms with van der Waals surface area (Å²) in [5.74, 6) is 0. The topological polar surface area (TPSA) is 6.48 Å². The molecule has 1 fully saturated rings. The smallest absolute Gasteiger partial charge is 0.0602 e. The lowest BCUT2D eigenvalue weighted by atomic mass is 9.96. The number of piperazine rings is 1. The highest BCUT2D eigenvalue weighted by Gasteiger charge is 2.25. The van der Waals surface area contributed by atoms with Gasteiger partial charge < -0.3 is 4.90 Å². The van der Waals surface area contributed by atoms with E-state index >= 15 is 0 Å². The first kappa shape index (κ1) is 16.2. The van der Waals surface area contributed by atoms with Gasteiger partial charge in [0.1, 0.15) is 0 Å². The number of rotatable bonds is 6. The van der Waals surface area contributed by atoms with E-state index in [1.165, 1.54) is 43.6 Å². The van der Waals surface area contributed by atoms with E-state index in [9.17, 15) is 0 Å². The van der Waals surface area contributed by atoms with Crippen molar-refractivity contribution in [3.05, 3.63) is 71.8 Å². The van der Waals surface area contributed by atoms with Crippen molar-refractivity contribution in [2.75, 3.05) is 32.7 Å². The number of nitrogens with zero attached hydrogens (tertiary/aromatic N) is 2. The lowest BCUT2D eigenvalue weighted by molar-refractivity contribution is 0.108. The molecule has 0 bridgehead atoms. The van der Waals surface area contributed by atoms with Crippen LogP contribution in [0.3, 0.4) is 0 Å². The van der Waals surface area contributed by atoms with E-state index in [4.69, 9.17) is 0 Å². The van der Waals surface area contributed by atoms with Gasteiger partial charge in [-0.05, 0) is 24.1 Å². The highest BCUT2D eigenvalue weighted by Crippen LogP contribution is 2.29. The third kappa shape index (κ3) is 4.21. The average molecular weight is 308 g/mol. The Morgan fingerprint density at radius 3 is 1.78 bits per heavy atom. The van der Waals surface area contributed by atoms with Crippen LogP contribution in [0, 0.1) is 0 Å². The van der Waals surface area contributed by atoms with Crippen LogP contribution in [0.15, 0.2) is 60.7 Å². The van der Waals surface area contributed by atoms with Gasteiger partial charge in [0, 0.05) is 26.2 Å². The zero-order valence-electron chi connectivity index (χ0n) is 14.2. The van der Waals surface area contributed by atoms with Crippen molar-refractivity contribution in [1.82, 2.24) is 9.80 Å². The van der Waals surface area contributed by atoms with Crippen molar-refractivity contribution < 1.29 is 0 Å². The molecule has 2 heteroatoms. The van der Waals surface area contributed by atoms with Gasteiger partial charge in [0.25, 0.3) is 0 Å². The first-order valence-electron chi connectivity index (χ1n) is 8.95. The molecule has 2 aromatic carbocycles. The summed E-state index contributed by atoms with van der Waals surface area (Å²) in [5, 5.41) is 0. The molecule has 2 nitrogen and oxygen atoms in total. The van der Waals surface area contributed by atoms with Gasteiger partial charge in [-0.3, -0.25) is 4.90 Å². The lowest BCUT2D eigenvalue weighted by Crippen LogP contribution is -2.48. The van der Waals surface area contributed by atoms with E-state index in [0.717, 1.165) is 13.1 Å². The SMILES string of the molecule is CCCCN1CCN(C(c2ccccc2)c2ccccc2)CC1. The zero-order valence-corrected chi connectivity index (χ0v) is 14.2. The first-order chi connectivity index (χ1) is 11.4. The van der Waals surface area contributed by atoms with Crippen LogP contribution in [0.4, 0.5) is 0 Å². The van der Waals surface area contributed by atoms with E-state index in [-0.39, 0.29) is 0 Å². The fraction of sp³-hybridized carbons (Fsp3) is 0.429. The van der Waals surface area contributed by atoms with Gasteiger partial charge in [-0.15, -0.1) is 0 Å². The summed E-state index contributed by atoms with van der Waals surface area (Å²) in [6.07, 6.45) is 2.61. The second-order valence-electron chi connectivity index (χ2n) is 6.46. The summed E-state index contributed by atoms with van der Waals surface area (Å²) in [7, 11) is 0. The Bertz CT molecular complexity index is 519. The summed E-state index contributed by atoms with van der Waals surface area (Å²) < 4.78 is 0. The van der Waals surface area contributed by atoms with Crippen molar-refractivity contribution in [1.29, 1.82) is 0 Å². The molecule has 1 aliphatic rings. The minimum atomic E-state index is 0.380. The van der Waals surface area contributed by atoms with Crippen molar-refractivity contribution >= 4 is 0 Å². The molecule has 3 rings (SSSR count). The number of hydrogen-bond acceptors (Lipinski definition) is 2. The Morgan fingerprint density at radius 1 is 0.783 bits per heavy atom. The standard InChI is InChI=1S/C21H28N2/c1-2-3-14-22-15-17-23(18-16-22)21(19-10-6-4-7-11-19)20-12-8-5-9-13-20/h4-13,21H,2-3,14-18H2,1H3. The number of unbranched alkanes of at least 4 members (excludes halogenated alkanes) is 1. The molecule has 0 spiro atoms. The molecule has 0 saturated carbocycles. The summed E-state index contributed by atoms with van der Waals surface area (Å²) in [4.78, 5) is 5.26. The molecular weight excluding hydrogens is 280 g/mol. The van der Waals surface area contributed by atoms with Crippen molar-refractivity contribution in [3.8, 4) is 0 Å². The van der Waals surface area contributed by atoms with Crippen LogP contribution in [-0.4, -0.2) is 42.5 Å². The maximum atomic E-state index is 2.65. The third-order valence-electron chi connectivity index (χ3n) is 4.83. The van der Waals surface area contributed by atoms with E-state index < -0.39 is 0 Å². The minimum Gasteiger partial charge on any atom is -0.301 e. The van der Waals surface area contributed by atoms with Crippen LogP contribution >= 0.6 is 0 Å². The van der Waals surface area contributed by atoms with Crippen LogP contribution in [0.2, 0.25) is 0 Å². The Balaban J connectivity index is 1.75. The van der Waals surface area contributed by atoms with Crippen LogP contribution in [0.25, 0.3) is 0 Å². The van der Waals surface area contributed by atoms with Gasteiger partial charge in [0.05, 0.1) is 6.04 Å². The van der Waals surface area contributed by atoms with Gasteiger partial charge in [-0.1, -0.05) is 74.0 Å². The van der Waals surface area contributed by atoms with Gasteiger partial charge in [0.2, 0.25) is 0 Å². The summed E-state index contributed by atoms with van der Waals surface area (Å²) >= 11 is 0. The van der Waals surface area contributed by atoms with Crippen LogP contribution < -0.4 is 0 Å². The second kappa shape index (κ2) is 8.28. The third-order valence-corrected chi connectivity index (χ3v) is 4.83. The Hall–Kier alpha value is -1.64. The van der Waals surface area contributed by atoms with Crippen molar-refractivity contribution in [3.63, 3.8) is 0 Å². The molecule has 0 aromatic heterocycles. The van der Waals surface area contributed by atoms with Gasteiger partial charge in [-0.25, -0.2) is 0 Å². The van der Waals surface area contributed by atoms with Crippen LogP contribution in [0.1, 0.15) is 36.9 Å². The lowest BCUT2D eigenvalue weighted by Gasteiger charge is -2.39. The molecule has 0 N–H and O–H groups in total. The summed E-state index contributed by atoms with van der Waals surface area (Å²) in [6.45, 7) is 8.21. The molecular formula is C21H28N2. The molecule has 122 valence electrons.